The number of nitrogens with zero attached hydrogens (tertiary/aromatic N) is 1. The number of aromatic carboxylic acids is 1. The first-order valence-electron chi connectivity index (χ1n) is 8.67. The number of carbonyl (C=O) groups is 2. The van der Waals surface area contributed by atoms with Crippen LogP contribution in [0, 0.1) is 12.8 Å². The summed E-state index contributed by atoms with van der Waals surface area (Å²) in [5.74, 6) is -0.228. The zero-order chi connectivity index (χ0) is 17.8. The highest BCUT2D eigenvalue weighted by molar-refractivity contribution is 7.12. The molecule has 1 N–H and O–H groups in total. The molecule has 0 spiro atoms. The summed E-state index contributed by atoms with van der Waals surface area (Å²) in [6.07, 6.45) is 3.13. The van der Waals surface area contributed by atoms with Crippen LogP contribution in [0.2, 0.25) is 0 Å². The quantitative estimate of drug-likeness (QED) is 0.886. The first kappa shape index (κ1) is 17.7. The van der Waals surface area contributed by atoms with Crippen LogP contribution < -0.4 is 0 Å². The van der Waals surface area contributed by atoms with Gasteiger partial charge in [0.05, 0.1) is 12.0 Å². The lowest BCUT2D eigenvalue weighted by Gasteiger charge is -2.32. The Morgan fingerprint density at radius 3 is 2.52 bits per heavy atom. The second kappa shape index (κ2) is 7.83. The third-order valence-corrected chi connectivity index (χ3v) is 5.85. The fourth-order valence-electron chi connectivity index (χ4n) is 3.45. The molecule has 0 saturated carbocycles. The average molecular weight is 357 g/mol. The predicted octanol–water partition coefficient (Wildman–Crippen LogP) is 3.78. The first-order valence-corrected chi connectivity index (χ1v) is 9.49. The van der Waals surface area contributed by atoms with Gasteiger partial charge in [0, 0.05) is 22.8 Å². The molecule has 5 heteroatoms. The van der Waals surface area contributed by atoms with Crippen LogP contribution >= 0.6 is 11.3 Å². The van der Waals surface area contributed by atoms with Gasteiger partial charge in [0.1, 0.15) is 0 Å². The van der Waals surface area contributed by atoms with Gasteiger partial charge in [-0.3, -0.25) is 4.79 Å². The van der Waals surface area contributed by atoms with Gasteiger partial charge in [-0.2, -0.15) is 0 Å². The standard InChI is InChI=1S/C20H23NO3S/c1-14-6-7-17(25-14)13-19(22)21-10-8-15(9-11-21)12-16-4-2-3-5-18(16)20(23)24/h2-7,15H,8-13H2,1H3,(H,23,24). The molecular weight excluding hydrogens is 334 g/mol. The van der Waals surface area contributed by atoms with E-state index >= 15 is 0 Å². The normalized spacial score (nSPS) is 15.3. The van der Waals surface area contributed by atoms with Gasteiger partial charge >= 0.3 is 5.97 Å². The minimum absolute atomic E-state index is 0.200. The zero-order valence-electron chi connectivity index (χ0n) is 14.4. The van der Waals surface area contributed by atoms with Crippen molar-refractivity contribution in [3.63, 3.8) is 0 Å². The third-order valence-electron chi connectivity index (χ3n) is 4.85. The number of piperidine rings is 1. The largest absolute Gasteiger partial charge is 0.478 e. The van der Waals surface area contributed by atoms with E-state index in [1.54, 1.807) is 23.5 Å². The molecule has 1 amide bonds. The molecule has 0 radical (unpaired) electrons. The van der Waals surface area contributed by atoms with Crippen molar-refractivity contribution in [1.82, 2.24) is 4.90 Å². The van der Waals surface area contributed by atoms with Crippen LogP contribution in [0.3, 0.4) is 0 Å². The maximum atomic E-state index is 12.4. The minimum atomic E-state index is -0.866. The van der Waals surface area contributed by atoms with Gasteiger partial charge < -0.3 is 10.0 Å². The number of amides is 1. The minimum Gasteiger partial charge on any atom is -0.478 e. The molecule has 2 heterocycles. The number of rotatable bonds is 5. The van der Waals surface area contributed by atoms with E-state index in [-0.39, 0.29) is 5.91 Å². The highest BCUT2D eigenvalue weighted by Gasteiger charge is 2.24. The summed E-state index contributed by atoms with van der Waals surface area (Å²) in [5.41, 5.74) is 1.29. The number of carboxylic acid groups (broad SMARTS) is 1. The van der Waals surface area contributed by atoms with Crippen molar-refractivity contribution in [2.45, 2.75) is 32.6 Å². The Morgan fingerprint density at radius 2 is 1.88 bits per heavy atom. The summed E-state index contributed by atoms with van der Waals surface area (Å²) in [6, 6.07) is 11.3. The van der Waals surface area contributed by atoms with Crippen molar-refractivity contribution in [1.29, 1.82) is 0 Å². The van der Waals surface area contributed by atoms with Gasteiger partial charge in [-0.25, -0.2) is 4.79 Å². The fraction of sp³-hybridized carbons (Fsp3) is 0.400. The van der Waals surface area contributed by atoms with Crippen LogP contribution in [0.1, 0.15) is 38.5 Å². The number of benzene rings is 1. The van der Waals surface area contributed by atoms with Crippen molar-refractivity contribution >= 4 is 23.2 Å². The van der Waals surface area contributed by atoms with Crippen LogP contribution in [-0.2, 0) is 17.6 Å². The molecule has 0 atom stereocenters. The number of carbonyl (C=O) groups excluding carboxylic acids is 1. The number of likely N-dealkylation sites (tertiary alicyclic amines) is 1. The molecule has 1 aromatic carbocycles. The lowest BCUT2D eigenvalue weighted by Crippen LogP contribution is -2.39. The highest BCUT2D eigenvalue weighted by atomic mass is 32.1. The summed E-state index contributed by atoms with van der Waals surface area (Å²) in [4.78, 5) is 28.1. The lowest BCUT2D eigenvalue weighted by atomic mass is 9.88. The topological polar surface area (TPSA) is 57.6 Å². The first-order chi connectivity index (χ1) is 12.0. The second-order valence-electron chi connectivity index (χ2n) is 6.68. The van der Waals surface area contributed by atoms with Crippen LogP contribution in [-0.4, -0.2) is 35.0 Å². The molecule has 0 aliphatic carbocycles. The molecular formula is C20H23NO3S. The molecule has 4 nitrogen and oxygen atoms in total. The molecule has 0 bridgehead atoms. The summed E-state index contributed by atoms with van der Waals surface area (Å²) >= 11 is 1.68. The highest BCUT2D eigenvalue weighted by Crippen LogP contribution is 2.24. The number of hydrogen-bond acceptors (Lipinski definition) is 3. The molecule has 2 aromatic rings. The maximum absolute atomic E-state index is 12.4. The summed E-state index contributed by atoms with van der Waals surface area (Å²) in [6.45, 7) is 3.59. The number of carboxylic acids is 1. The van der Waals surface area contributed by atoms with E-state index in [4.69, 9.17) is 0 Å². The van der Waals surface area contributed by atoms with E-state index in [9.17, 15) is 14.7 Å². The van der Waals surface area contributed by atoms with Crippen molar-refractivity contribution < 1.29 is 14.7 Å². The van der Waals surface area contributed by atoms with Gasteiger partial charge in [0.25, 0.3) is 0 Å². The van der Waals surface area contributed by atoms with E-state index in [1.165, 1.54) is 4.88 Å². The number of aryl methyl sites for hydroxylation is 1. The van der Waals surface area contributed by atoms with E-state index in [0.717, 1.165) is 42.8 Å². The zero-order valence-corrected chi connectivity index (χ0v) is 15.2. The van der Waals surface area contributed by atoms with Gasteiger partial charge in [0.15, 0.2) is 0 Å². The Labute approximate surface area is 152 Å². The SMILES string of the molecule is Cc1ccc(CC(=O)N2CCC(Cc3ccccc3C(=O)O)CC2)s1. The summed E-state index contributed by atoms with van der Waals surface area (Å²) in [7, 11) is 0. The van der Waals surface area contributed by atoms with Crippen molar-refractivity contribution in [2.24, 2.45) is 5.92 Å². The molecule has 25 heavy (non-hydrogen) atoms. The monoisotopic (exact) mass is 357 g/mol. The Balaban J connectivity index is 1.53. The van der Waals surface area contributed by atoms with Crippen molar-refractivity contribution in [3.8, 4) is 0 Å². The van der Waals surface area contributed by atoms with Crippen molar-refractivity contribution in [3.05, 3.63) is 57.3 Å². The van der Waals surface area contributed by atoms with E-state index in [1.807, 2.05) is 23.1 Å². The third kappa shape index (κ3) is 4.48. The number of hydrogen-bond donors (Lipinski definition) is 1. The smallest absolute Gasteiger partial charge is 0.335 e. The molecule has 3 rings (SSSR count). The van der Waals surface area contributed by atoms with Gasteiger partial charge in [0.2, 0.25) is 5.91 Å². The number of thiophene rings is 1. The predicted molar refractivity (Wildman–Crippen MR) is 99.2 cm³/mol. The Kier molecular flexibility index (Phi) is 5.53. The van der Waals surface area contributed by atoms with Crippen LogP contribution in [0.4, 0.5) is 0 Å². The van der Waals surface area contributed by atoms with Gasteiger partial charge in [-0.15, -0.1) is 11.3 Å². The summed E-state index contributed by atoms with van der Waals surface area (Å²) < 4.78 is 0. The Morgan fingerprint density at radius 1 is 1.16 bits per heavy atom. The summed E-state index contributed by atoms with van der Waals surface area (Å²) in [5, 5.41) is 9.30. The van der Waals surface area contributed by atoms with E-state index < -0.39 is 5.97 Å². The molecule has 132 valence electrons. The molecule has 1 aliphatic heterocycles. The van der Waals surface area contributed by atoms with Crippen LogP contribution in [0.25, 0.3) is 0 Å². The van der Waals surface area contributed by atoms with Crippen molar-refractivity contribution in [2.75, 3.05) is 13.1 Å². The maximum Gasteiger partial charge on any atom is 0.335 e. The molecule has 0 unspecified atom stereocenters. The Hall–Kier alpha value is -2.14. The van der Waals surface area contributed by atoms with Crippen LogP contribution in [0.5, 0.6) is 0 Å². The average Bonchev–Trinajstić information content (AvgIpc) is 3.00. The molecule has 1 aliphatic rings. The van der Waals surface area contributed by atoms with E-state index in [2.05, 4.69) is 13.0 Å². The lowest BCUT2D eigenvalue weighted by molar-refractivity contribution is -0.131. The van der Waals surface area contributed by atoms with Gasteiger partial charge in [-0.05, 0) is 55.9 Å². The van der Waals surface area contributed by atoms with E-state index in [0.29, 0.717) is 17.9 Å². The Bertz CT molecular complexity index is 760. The second-order valence-corrected chi connectivity index (χ2v) is 8.05. The molecule has 1 fully saturated rings. The molecule has 1 saturated heterocycles. The van der Waals surface area contributed by atoms with Crippen LogP contribution in [0.15, 0.2) is 36.4 Å². The molecule has 1 aromatic heterocycles. The van der Waals surface area contributed by atoms with Gasteiger partial charge in [-0.1, -0.05) is 18.2 Å². The fourth-order valence-corrected chi connectivity index (χ4v) is 4.33.